The first-order chi connectivity index (χ1) is 12.6. The molecule has 0 atom stereocenters. The van der Waals surface area contributed by atoms with Crippen molar-refractivity contribution in [1.29, 1.82) is 0 Å². The number of hydrogen-bond donors (Lipinski definition) is 2. The van der Waals surface area contributed by atoms with Gasteiger partial charge in [0.2, 0.25) is 5.89 Å². The lowest BCUT2D eigenvalue weighted by Crippen LogP contribution is -2.20. The number of nitrogens with two attached hydrogens (primary N) is 1. The zero-order chi connectivity index (χ0) is 17.8. The SMILES string of the molecule is CN1CCc2cc3nc(-c4c(N)c5sccc5[nH]c4=O)oc3cc2CC1. The number of nitrogens with zero attached hydrogens (tertiary/aromatic N) is 2. The van der Waals surface area contributed by atoms with Gasteiger partial charge in [0.25, 0.3) is 5.56 Å². The molecule has 3 N–H and O–H groups in total. The van der Waals surface area contributed by atoms with Crippen molar-refractivity contribution in [1.82, 2.24) is 14.9 Å². The van der Waals surface area contributed by atoms with E-state index in [1.165, 1.54) is 22.5 Å². The summed E-state index contributed by atoms with van der Waals surface area (Å²) in [5.74, 6) is 0.284. The Labute approximate surface area is 153 Å². The van der Waals surface area contributed by atoms with Crippen LogP contribution in [0.5, 0.6) is 0 Å². The van der Waals surface area contributed by atoms with Crippen LogP contribution in [0.1, 0.15) is 11.1 Å². The van der Waals surface area contributed by atoms with Crippen LogP contribution in [0.15, 0.2) is 32.8 Å². The predicted octanol–water partition coefficient (Wildman–Crippen LogP) is 3.01. The molecule has 7 heteroatoms. The Hall–Kier alpha value is -2.64. The molecule has 0 bridgehead atoms. The number of benzene rings is 1. The van der Waals surface area contributed by atoms with E-state index in [9.17, 15) is 4.79 Å². The quantitative estimate of drug-likeness (QED) is 0.541. The summed E-state index contributed by atoms with van der Waals surface area (Å²) < 4.78 is 6.80. The number of nitrogens with one attached hydrogen (secondary N) is 1. The maximum Gasteiger partial charge on any atom is 0.263 e. The Bertz CT molecular complexity index is 1160. The molecule has 132 valence electrons. The van der Waals surface area contributed by atoms with Crippen LogP contribution in [0.2, 0.25) is 0 Å². The van der Waals surface area contributed by atoms with Gasteiger partial charge in [-0.1, -0.05) is 0 Å². The number of H-pyrrole nitrogens is 1. The Kier molecular flexibility index (Phi) is 3.41. The average molecular weight is 366 g/mol. The second kappa shape index (κ2) is 5.69. The summed E-state index contributed by atoms with van der Waals surface area (Å²) in [6.07, 6.45) is 1.98. The molecule has 0 saturated carbocycles. The van der Waals surface area contributed by atoms with Crippen LogP contribution in [0, 0.1) is 0 Å². The predicted molar refractivity (Wildman–Crippen MR) is 105 cm³/mol. The van der Waals surface area contributed by atoms with Crippen LogP contribution >= 0.6 is 11.3 Å². The summed E-state index contributed by atoms with van der Waals surface area (Å²) >= 11 is 1.49. The fourth-order valence-corrected chi connectivity index (χ4v) is 4.43. The minimum Gasteiger partial charge on any atom is -0.436 e. The molecule has 6 nitrogen and oxygen atoms in total. The van der Waals surface area contributed by atoms with E-state index in [1.807, 2.05) is 11.4 Å². The second-order valence-corrected chi connectivity index (χ2v) is 7.73. The van der Waals surface area contributed by atoms with Crippen LogP contribution in [0.25, 0.3) is 32.8 Å². The first kappa shape index (κ1) is 15.6. The van der Waals surface area contributed by atoms with Crippen LogP contribution in [0.3, 0.4) is 0 Å². The molecule has 4 aromatic rings. The van der Waals surface area contributed by atoms with Crippen LogP contribution in [-0.2, 0) is 12.8 Å². The Balaban J connectivity index is 1.68. The Morgan fingerprint density at radius 1 is 1.27 bits per heavy atom. The topological polar surface area (TPSA) is 88.2 Å². The maximum absolute atomic E-state index is 12.5. The molecule has 26 heavy (non-hydrogen) atoms. The molecule has 0 fully saturated rings. The summed E-state index contributed by atoms with van der Waals surface area (Å²) in [6, 6.07) is 6.00. The number of aromatic amines is 1. The van der Waals surface area contributed by atoms with Crippen molar-refractivity contribution in [2.24, 2.45) is 0 Å². The molecular formula is C19H18N4O2S. The molecule has 1 aliphatic heterocycles. The molecule has 0 saturated heterocycles. The number of likely N-dealkylation sites (N-methyl/N-ethyl adjacent to an activating group) is 1. The normalized spacial score (nSPS) is 15.4. The van der Waals surface area contributed by atoms with E-state index in [1.54, 1.807) is 0 Å². The van der Waals surface area contributed by atoms with Gasteiger partial charge in [0, 0.05) is 13.1 Å². The molecule has 5 rings (SSSR count). The number of thiophene rings is 1. The van der Waals surface area contributed by atoms with Gasteiger partial charge in [0.1, 0.15) is 11.1 Å². The van der Waals surface area contributed by atoms with E-state index in [0.29, 0.717) is 16.8 Å². The fraction of sp³-hybridized carbons (Fsp3) is 0.263. The molecule has 0 aliphatic carbocycles. The van der Waals surface area contributed by atoms with E-state index in [2.05, 4.69) is 34.0 Å². The van der Waals surface area contributed by atoms with Gasteiger partial charge in [-0.2, -0.15) is 0 Å². The van der Waals surface area contributed by atoms with Gasteiger partial charge in [-0.05, 0) is 54.6 Å². The van der Waals surface area contributed by atoms with Crippen LogP contribution in [-0.4, -0.2) is 35.0 Å². The van der Waals surface area contributed by atoms with E-state index in [-0.39, 0.29) is 11.4 Å². The van der Waals surface area contributed by atoms with Gasteiger partial charge in [0.05, 0.1) is 15.9 Å². The lowest BCUT2D eigenvalue weighted by Gasteiger charge is -2.10. The number of rotatable bonds is 1. The van der Waals surface area contributed by atoms with E-state index in [0.717, 1.165) is 41.7 Å². The number of oxazole rings is 1. The highest BCUT2D eigenvalue weighted by Gasteiger charge is 2.20. The first-order valence-electron chi connectivity index (χ1n) is 8.60. The lowest BCUT2D eigenvalue weighted by molar-refractivity contribution is 0.352. The van der Waals surface area contributed by atoms with Crippen molar-refractivity contribution in [3.05, 3.63) is 45.1 Å². The standard InChI is InChI=1S/C19H18N4O2S/c1-23-5-2-10-8-13-14(9-11(10)3-6-23)25-19(22-13)15-16(20)17-12(4-7-26-17)21-18(15)24/h4,7-9H,2-3,5-6H2,1H3,(H3,20,21,24). The van der Waals surface area contributed by atoms with Gasteiger partial charge >= 0.3 is 0 Å². The minimum atomic E-state index is -0.275. The number of fused-ring (bicyclic) bond motifs is 3. The van der Waals surface area contributed by atoms with E-state index in [4.69, 9.17) is 10.2 Å². The average Bonchev–Trinajstić information content (AvgIpc) is 3.19. The molecule has 3 aromatic heterocycles. The van der Waals surface area contributed by atoms with Crippen molar-refractivity contribution in [3.63, 3.8) is 0 Å². The highest BCUT2D eigenvalue weighted by Crippen LogP contribution is 2.33. The van der Waals surface area contributed by atoms with Gasteiger partial charge < -0.3 is 20.0 Å². The third-order valence-electron chi connectivity index (χ3n) is 5.10. The number of aromatic nitrogens is 2. The second-order valence-electron chi connectivity index (χ2n) is 6.82. The zero-order valence-electron chi connectivity index (χ0n) is 14.3. The minimum absolute atomic E-state index is 0.275. The molecule has 1 aliphatic rings. The van der Waals surface area contributed by atoms with Crippen LogP contribution in [0.4, 0.5) is 5.69 Å². The molecule has 1 aromatic carbocycles. The number of pyridine rings is 1. The molecule has 0 amide bonds. The molecule has 0 unspecified atom stereocenters. The third kappa shape index (κ3) is 2.35. The Morgan fingerprint density at radius 2 is 2.04 bits per heavy atom. The molecular weight excluding hydrogens is 348 g/mol. The Morgan fingerprint density at radius 3 is 2.85 bits per heavy atom. The number of hydrogen-bond acceptors (Lipinski definition) is 6. The van der Waals surface area contributed by atoms with Gasteiger partial charge in [-0.15, -0.1) is 11.3 Å². The van der Waals surface area contributed by atoms with E-state index >= 15 is 0 Å². The van der Waals surface area contributed by atoms with Gasteiger partial charge in [-0.3, -0.25) is 4.79 Å². The first-order valence-corrected chi connectivity index (χ1v) is 9.48. The fourth-order valence-electron chi connectivity index (χ4n) is 3.62. The molecule has 4 heterocycles. The van der Waals surface area contributed by atoms with Crippen molar-refractivity contribution in [3.8, 4) is 11.5 Å². The largest absolute Gasteiger partial charge is 0.436 e. The van der Waals surface area contributed by atoms with Crippen molar-refractivity contribution in [2.75, 3.05) is 25.9 Å². The highest BCUT2D eigenvalue weighted by molar-refractivity contribution is 7.17. The highest BCUT2D eigenvalue weighted by atomic mass is 32.1. The zero-order valence-corrected chi connectivity index (χ0v) is 15.2. The summed E-state index contributed by atoms with van der Waals surface area (Å²) in [5.41, 5.74) is 11.5. The monoisotopic (exact) mass is 366 g/mol. The summed E-state index contributed by atoms with van der Waals surface area (Å²) in [7, 11) is 2.14. The van der Waals surface area contributed by atoms with Crippen molar-refractivity contribution < 1.29 is 4.42 Å². The summed E-state index contributed by atoms with van der Waals surface area (Å²) in [5, 5.41) is 1.90. The third-order valence-corrected chi connectivity index (χ3v) is 6.05. The number of nitrogen functional groups attached to an aromatic ring is 1. The molecule has 0 radical (unpaired) electrons. The lowest BCUT2D eigenvalue weighted by atomic mass is 10.0. The smallest absolute Gasteiger partial charge is 0.263 e. The molecule has 0 spiro atoms. The van der Waals surface area contributed by atoms with E-state index < -0.39 is 0 Å². The maximum atomic E-state index is 12.5. The van der Waals surface area contributed by atoms with Crippen LogP contribution < -0.4 is 11.3 Å². The number of anilines is 1. The summed E-state index contributed by atoms with van der Waals surface area (Å²) in [4.78, 5) is 22.3. The van der Waals surface area contributed by atoms with Gasteiger partial charge in [-0.25, -0.2) is 4.98 Å². The summed E-state index contributed by atoms with van der Waals surface area (Å²) in [6.45, 7) is 2.06. The van der Waals surface area contributed by atoms with Crippen molar-refractivity contribution >= 4 is 38.3 Å². The van der Waals surface area contributed by atoms with Gasteiger partial charge in [0.15, 0.2) is 5.58 Å². The van der Waals surface area contributed by atoms with Crippen molar-refractivity contribution in [2.45, 2.75) is 12.8 Å².